The summed E-state index contributed by atoms with van der Waals surface area (Å²) >= 11 is 1.44. The minimum Gasteiger partial charge on any atom is -0.352 e. The number of piperazine rings is 1. The highest BCUT2D eigenvalue weighted by molar-refractivity contribution is 7.16. The maximum Gasteiger partial charge on any atom is 0.262 e. The smallest absolute Gasteiger partial charge is 0.262 e. The molecule has 3 heterocycles. The van der Waals surface area contributed by atoms with Crippen LogP contribution in [0.1, 0.15) is 19.3 Å². The average Bonchev–Trinajstić information content (AvgIpc) is 3.33. The van der Waals surface area contributed by atoms with E-state index in [0.717, 1.165) is 17.7 Å². The monoisotopic (exact) mass is 389 g/mol. The van der Waals surface area contributed by atoms with Crippen LogP contribution in [0.15, 0.2) is 22.6 Å². The van der Waals surface area contributed by atoms with Gasteiger partial charge in [-0.1, -0.05) is 0 Å². The Balaban J connectivity index is 1.24. The summed E-state index contributed by atoms with van der Waals surface area (Å²) < 4.78 is 1.51. The third-order valence-corrected chi connectivity index (χ3v) is 5.87. The van der Waals surface area contributed by atoms with Crippen LogP contribution in [0.5, 0.6) is 0 Å². The molecule has 8 nitrogen and oxygen atoms in total. The van der Waals surface area contributed by atoms with Crippen molar-refractivity contribution in [3.63, 3.8) is 0 Å². The van der Waals surface area contributed by atoms with Gasteiger partial charge in [0.15, 0.2) is 0 Å². The molecule has 144 valence electrons. The minimum atomic E-state index is -0.0967. The van der Waals surface area contributed by atoms with Crippen molar-refractivity contribution >= 4 is 33.4 Å². The average molecular weight is 389 g/mol. The van der Waals surface area contributed by atoms with E-state index >= 15 is 0 Å². The standard InChI is InChI=1S/C18H23N5O3S/c24-15(20-13-1-2-13)11-21-6-8-22(9-7-21)16(25)3-5-23-12-19-17-14(18(23)26)4-10-27-17/h4,10,12-13H,1-3,5-9,11H2,(H,20,24). The van der Waals surface area contributed by atoms with Crippen LogP contribution in [0, 0.1) is 0 Å². The Bertz CT molecular complexity index is 896. The quantitative estimate of drug-likeness (QED) is 0.766. The number of thiophene rings is 1. The molecule has 1 aliphatic carbocycles. The van der Waals surface area contributed by atoms with Gasteiger partial charge in [0.1, 0.15) is 4.83 Å². The van der Waals surface area contributed by atoms with Crippen LogP contribution in [-0.4, -0.2) is 69.9 Å². The van der Waals surface area contributed by atoms with Gasteiger partial charge in [0.25, 0.3) is 5.56 Å². The first-order valence-electron chi connectivity index (χ1n) is 9.32. The normalized spacial score (nSPS) is 18.0. The Morgan fingerprint density at radius 2 is 2.00 bits per heavy atom. The Hall–Kier alpha value is -2.26. The second-order valence-corrected chi connectivity index (χ2v) is 8.03. The molecule has 1 N–H and O–H groups in total. The largest absolute Gasteiger partial charge is 0.352 e. The van der Waals surface area contributed by atoms with Crippen LogP contribution in [0.2, 0.25) is 0 Å². The summed E-state index contributed by atoms with van der Waals surface area (Å²) in [6.07, 6.45) is 3.97. The molecule has 2 aromatic heterocycles. The SMILES string of the molecule is O=C(CN1CCN(C(=O)CCn2cnc3sccc3c2=O)CC1)NC1CC1. The van der Waals surface area contributed by atoms with Crippen LogP contribution in [0.25, 0.3) is 10.2 Å². The van der Waals surface area contributed by atoms with Crippen molar-refractivity contribution in [2.24, 2.45) is 0 Å². The fraction of sp³-hybridized carbons (Fsp3) is 0.556. The number of hydrogen-bond acceptors (Lipinski definition) is 6. The van der Waals surface area contributed by atoms with Crippen molar-refractivity contribution in [2.75, 3.05) is 32.7 Å². The second-order valence-electron chi connectivity index (χ2n) is 7.13. The van der Waals surface area contributed by atoms with Crippen LogP contribution in [0.4, 0.5) is 0 Å². The molecule has 0 spiro atoms. The van der Waals surface area contributed by atoms with Crippen LogP contribution >= 0.6 is 11.3 Å². The Morgan fingerprint density at radius 1 is 1.22 bits per heavy atom. The molecule has 27 heavy (non-hydrogen) atoms. The number of aromatic nitrogens is 2. The lowest BCUT2D eigenvalue weighted by Gasteiger charge is -2.34. The minimum absolute atomic E-state index is 0.0365. The van der Waals surface area contributed by atoms with Crippen molar-refractivity contribution in [2.45, 2.75) is 31.8 Å². The number of nitrogens with zero attached hydrogens (tertiary/aromatic N) is 4. The molecule has 1 saturated heterocycles. The van der Waals surface area contributed by atoms with E-state index < -0.39 is 0 Å². The zero-order valence-electron chi connectivity index (χ0n) is 15.1. The van der Waals surface area contributed by atoms with Crippen LogP contribution in [0.3, 0.4) is 0 Å². The summed E-state index contributed by atoms with van der Waals surface area (Å²) in [4.78, 5) is 45.6. The predicted molar refractivity (Wildman–Crippen MR) is 103 cm³/mol. The van der Waals surface area contributed by atoms with Crippen molar-refractivity contribution in [1.29, 1.82) is 0 Å². The predicted octanol–water partition coefficient (Wildman–Crippen LogP) is 0.271. The first-order chi connectivity index (χ1) is 13.1. The summed E-state index contributed by atoms with van der Waals surface area (Å²) in [5.41, 5.74) is -0.0967. The number of amides is 2. The zero-order chi connectivity index (χ0) is 18.8. The lowest BCUT2D eigenvalue weighted by molar-refractivity contribution is -0.133. The Labute approximate surface area is 160 Å². The molecular weight excluding hydrogens is 366 g/mol. The van der Waals surface area contributed by atoms with E-state index in [1.807, 2.05) is 10.3 Å². The highest BCUT2D eigenvalue weighted by atomic mass is 32.1. The van der Waals surface area contributed by atoms with Gasteiger partial charge < -0.3 is 10.2 Å². The molecule has 0 bridgehead atoms. The van der Waals surface area contributed by atoms with Gasteiger partial charge in [-0.15, -0.1) is 11.3 Å². The van der Waals surface area contributed by atoms with E-state index in [2.05, 4.69) is 15.2 Å². The number of carbonyl (C=O) groups is 2. The summed E-state index contributed by atoms with van der Waals surface area (Å²) in [6.45, 7) is 3.37. The molecule has 0 aromatic carbocycles. The van der Waals surface area contributed by atoms with Gasteiger partial charge in [-0.05, 0) is 24.3 Å². The highest BCUT2D eigenvalue weighted by Crippen LogP contribution is 2.18. The molecule has 0 unspecified atom stereocenters. The molecule has 2 amide bonds. The number of aryl methyl sites for hydroxylation is 1. The summed E-state index contributed by atoms with van der Waals surface area (Å²) in [5, 5.41) is 5.44. The van der Waals surface area contributed by atoms with Gasteiger partial charge in [-0.3, -0.25) is 23.9 Å². The molecule has 1 saturated carbocycles. The van der Waals surface area contributed by atoms with Gasteiger partial charge in [0, 0.05) is 45.2 Å². The third-order valence-electron chi connectivity index (χ3n) is 5.05. The van der Waals surface area contributed by atoms with Gasteiger partial charge in [0.2, 0.25) is 11.8 Å². The number of rotatable bonds is 6. The van der Waals surface area contributed by atoms with Gasteiger partial charge >= 0.3 is 0 Å². The lowest BCUT2D eigenvalue weighted by atomic mass is 10.2. The van der Waals surface area contributed by atoms with Crippen molar-refractivity contribution < 1.29 is 9.59 Å². The van der Waals surface area contributed by atoms with Crippen LogP contribution < -0.4 is 10.9 Å². The van der Waals surface area contributed by atoms with E-state index in [0.29, 0.717) is 50.7 Å². The van der Waals surface area contributed by atoms with E-state index in [1.165, 1.54) is 22.2 Å². The van der Waals surface area contributed by atoms with Crippen molar-refractivity contribution in [3.05, 3.63) is 28.1 Å². The maximum absolute atomic E-state index is 12.5. The molecule has 2 fully saturated rings. The fourth-order valence-corrected chi connectivity index (χ4v) is 4.01. The van der Waals surface area contributed by atoms with Crippen molar-refractivity contribution in [3.8, 4) is 0 Å². The number of hydrogen-bond donors (Lipinski definition) is 1. The summed E-state index contributed by atoms with van der Waals surface area (Å²) in [5.74, 6) is 0.113. The number of fused-ring (bicyclic) bond motifs is 1. The first kappa shape index (κ1) is 18.1. The van der Waals surface area contributed by atoms with E-state index in [-0.39, 0.29) is 23.8 Å². The molecule has 0 radical (unpaired) electrons. The Kier molecular flexibility index (Phi) is 5.22. The van der Waals surface area contributed by atoms with Crippen molar-refractivity contribution in [1.82, 2.24) is 24.7 Å². The zero-order valence-corrected chi connectivity index (χ0v) is 15.9. The number of carbonyl (C=O) groups excluding carboxylic acids is 2. The Morgan fingerprint density at radius 3 is 2.74 bits per heavy atom. The van der Waals surface area contributed by atoms with E-state index in [9.17, 15) is 14.4 Å². The lowest BCUT2D eigenvalue weighted by Crippen LogP contribution is -2.51. The summed E-state index contributed by atoms with van der Waals surface area (Å²) in [6, 6.07) is 2.15. The topological polar surface area (TPSA) is 87.5 Å². The second kappa shape index (κ2) is 7.77. The molecular formula is C18H23N5O3S. The fourth-order valence-electron chi connectivity index (χ4n) is 3.29. The maximum atomic E-state index is 12.5. The van der Waals surface area contributed by atoms with Crippen LogP contribution in [-0.2, 0) is 16.1 Å². The van der Waals surface area contributed by atoms with E-state index in [4.69, 9.17) is 0 Å². The highest BCUT2D eigenvalue weighted by Gasteiger charge is 2.26. The molecule has 9 heteroatoms. The first-order valence-corrected chi connectivity index (χ1v) is 10.2. The summed E-state index contributed by atoms with van der Waals surface area (Å²) in [7, 11) is 0. The van der Waals surface area contributed by atoms with E-state index in [1.54, 1.807) is 6.07 Å². The van der Waals surface area contributed by atoms with Gasteiger partial charge in [-0.2, -0.15) is 0 Å². The molecule has 2 aliphatic rings. The molecule has 1 aliphatic heterocycles. The molecule has 4 rings (SSSR count). The molecule has 2 aromatic rings. The van der Waals surface area contributed by atoms with Gasteiger partial charge in [-0.25, -0.2) is 4.98 Å². The third kappa shape index (κ3) is 4.36. The number of nitrogens with one attached hydrogen (secondary N) is 1. The molecule has 0 atom stereocenters. The van der Waals surface area contributed by atoms with Gasteiger partial charge in [0.05, 0.1) is 18.3 Å².